The molecule has 0 radical (unpaired) electrons. The van der Waals surface area contributed by atoms with Crippen molar-refractivity contribution in [3.8, 4) is 5.75 Å². The molecular weight excluding hydrogens is 276 g/mol. The molecule has 118 valence electrons. The number of unbranched alkanes of at least 4 members (excludes halogenated alkanes) is 4. The Morgan fingerprint density at radius 2 is 1.91 bits per heavy atom. The fourth-order valence-electron chi connectivity index (χ4n) is 3.25. The summed E-state index contributed by atoms with van der Waals surface area (Å²) in [5, 5.41) is 1.07. The molecule has 3 nitrogen and oxygen atoms in total. The summed E-state index contributed by atoms with van der Waals surface area (Å²) in [4.78, 5) is 12.0. The molecule has 3 rings (SSSR count). The second-order valence-corrected chi connectivity index (χ2v) is 6.12. The molecule has 0 atom stereocenters. The van der Waals surface area contributed by atoms with Crippen LogP contribution in [0.3, 0.4) is 0 Å². The Kier molecular flexibility index (Phi) is 4.81. The Labute approximate surface area is 131 Å². The number of ether oxygens (including phenoxy) is 1. The maximum atomic E-state index is 12.0. The Morgan fingerprint density at radius 1 is 1.09 bits per heavy atom. The first kappa shape index (κ1) is 15.1. The van der Waals surface area contributed by atoms with Crippen molar-refractivity contribution >= 4 is 11.0 Å². The van der Waals surface area contributed by atoms with Gasteiger partial charge in [-0.3, -0.25) is 0 Å². The summed E-state index contributed by atoms with van der Waals surface area (Å²) in [6.07, 6.45) is 9.00. The van der Waals surface area contributed by atoms with E-state index in [-0.39, 0.29) is 5.63 Å². The number of benzene rings is 1. The van der Waals surface area contributed by atoms with Gasteiger partial charge in [-0.2, -0.15) is 0 Å². The van der Waals surface area contributed by atoms with E-state index < -0.39 is 0 Å². The number of rotatable bonds is 7. The van der Waals surface area contributed by atoms with Gasteiger partial charge in [-0.15, -0.1) is 0 Å². The van der Waals surface area contributed by atoms with Gasteiger partial charge in [-0.25, -0.2) is 4.79 Å². The van der Waals surface area contributed by atoms with Gasteiger partial charge >= 0.3 is 5.63 Å². The lowest BCUT2D eigenvalue weighted by Gasteiger charge is -2.08. The average molecular weight is 300 g/mol. The number of hydrogen-bond acceptors (Lipinski definition) is 3. The summed E-state index contributed by atoms with van der Waals surface area (Å²) in [7, 11) is 0. The van der Waals surface area contributed by atoms with Crippen LogP contribution in [-0.4, -0.2) is 6.61 Å². The smallest absolute Gasteiger partial charge is 0.339 e. The van der Waals surface area contributed by atoms with E-state index in [1.54, 1.807) is 0 Å². The van der Waals surface area contributed by atoms with Crippen molar-refractivity contribution in [2.24, 2.45) is 0 Å². The fraction of sp³-hybridized carbons (Fsp3) is 0.526. The molecule has 22 heavy (non-hydrogen) atoms. The zero-order valence-electron chi connectivity index (χ0n) is 13.3. The van der Waals surface area contributed by atoms with Crippen LogP contribution in [0.15, 0.2) is 27.4 Å². The molecule has 0 unspecified atom stereocenters. The van der Waals surface area contributed by atoms with Gasteiger partial charge in [0.1, 0.15) is 11.3 Å². The van der Waals surface area contributed by atoms with Crippen LogP contribution in [0, 0.1) is 0 Å². The Morgan fingerprint density at radius 3 is 2.77 bits per heavy atom. The Balaban J connectivity index is 1.69. The van der Waals surface area contributed by atoms with Gasteiger partial charge in [0, 0.05) is 17.0 Å². The fourth-order valence-corrected chi connectivity index (χ4v) is 3.25. The first-order chi connectivity index (χ1) is 10.8. The van der Waals surface area contributed by atoms with E-state index in [1.807, 2.05) is 18.2 Å². The second-order valence-electron chi connectivity index (χ2n) is 6.12. The molecule has 1 aromatic heterocycles. The number of hydrogen-bond donors (Lipinski definition) is 0. The molecule has 1 aromatic carbocycles. The van der Waals surface area contributed by atoms with Gasteiger partial charge in [0.2, 0.25) is 0 Å². The highest BCUT2D eigenvalue weighted by Gasteiger charge is 2.19. The van der Waals surface area contributed by atoms with Crippen LogP contribution < -0.4 is 10.4 Å². The summed E-state index contributed by atoms with van der Waals surface area (Å²) >= 11 is 0. The molecule has 1 aliphatic carbocycles. The molecule has 0 spiro atoms. The summed E-state index contributed by atoms with van der Waals surface area (Å²) in [5.74, 6) is 0.795. The highest BCUT2D eigenvalue weighted by Crippen LogP contribution is 2.29. The Bertz CT molecular complexity index is 700. The monoisotopic (exact) mass is 300 g/mol. The molecule has 0 fully saturated rings. The summed E-state index contributed by atoms with van der Waals surface area (Å²) in [5.41, 5.74) is 2.54. The van der Waals surface area contributed by atoms with E-state index in [2.05, 4.69) is 6.92 Å². The molecular formula is C19H24O3. The molecule has 0 saturated heterocycles. The van der Waals surface area contributed by atoms with Gasteiger partial charge in [0.25, 0.3) is 0 Å². The van der Waals surface area contributed by atoms with E-state index in [4.69, 9.17) is 9.15 Å². The number of aryl methyl sites for hydroxylation is 1. The molecule has 2 aromatic rings. The van der Waals surface area contributed by atoms with Crippen LogP contribution in [0.1, 0.15) is 56.6 Å². The minimum absolute atomic E-state index is 0.170. The van der Waals surface area contributed by atoms with Crippen LogP contribution in [0.2, 0.25) is 0 Å². The predicted molar refractivity (Wildman–Crippen MR) is 88.8 cm³/mol. The summed E-state index contributed by atoms with van der Waals surface area (Å²) in [6.45, 7) is 2.94. The second kappa shape index (κ2) is 6.99. The van der Waals surface area contributed by atoms with Crippen molar-refractivity contribution in [1.29, 1.82) is 0 Å². The van der Waals surface area contributed by atoms with Gasteiger partial charge in [0.05, 0.1) is 6.61 Å². The summed E-state index contributed by atoms with van der Waals surface area (Å²) < 4.78 is 11.3. The molecule has 0 bridgehead atoms. The lowest BCUT2D eigenvalue weighted by atomic mass is 10.1. The minimum Gasteiger partial charge on any atom is -0.493 e. The SMILES string of the molecule is CCCCCCCOc1ccc2c3c(c(=O)oc2c1)CCC3. The third-order valence-corrected chi connectivity index (χ3v) is 4.46. The van der Waals surface area contributed by atoms with E-state index in [0.29, 0.717) is 5.58 Å². The maximum absolute atomic E-state index is 12.0. The zero-order chi connectivity index (χ0) is 15.4. The van der Waals surface area contributed by atoms with E-state index in [9.17, 15) is 4.79 Å². The van der Waals surface area contributed by atoms with E-state index in [1.165, 1.54) is 31.2 Å². The molecule has 3 heteroatoms. The first-order valence-electron chi connectivity index (χ1n) is 8.51. The predicted octanol–water partition coefficient (Wildman–Crippen LogP) is 4.63. The van der Waals surface area contributed by atoms with Crippen LogP contribution in [-0.2, 0) is 12.8 Å². The standard InChI is InChI=1S/C19H24O3/c1-2-3-4-5-6-12-21-14-10-11-16-15-8-7-9-17(15)19(20)22-18(16)13-14/h10-11,13H,2-9,12H2,1H3. The molecule has 0 N–H and O–H groups in total. The quantitative estimate of drug-likeness (QED) is 0.553. The highest BCUT2D eigenvalue weighted by molar-refractivity contribution is 5.83. The van der Waals surface area contributed by atoms with Gasteiger partial charge in [-0.1, -0.05) is 32.6 Å². The maximum Gasteiger partial charge on any atom is 0.339 e. The lowest BCUT2D eigenvalue weighted by molar-refractivity contribution is 0.304. The van der Waals surface area contributed by atoms with Crippen molar-refractivity contribution in [2.45, 2.75) is 58.3 Å². The average Bonchev–Trinajstić information content (AvgIpc) is 3.01. The lowest BCUT2D eigenvalue weighted by Crippen LogP contribution is -2.07. The molecule has 1 aliphatic rings. The normalized spacial score (nSPS) is 13.5. The van der Waals surface area contributed by atoms with Crippen molar-refractivity contribution in [1.82, 2.24) is 0 Å². The third kappa shape index (κ3) is 3.18. The van der Waals surface area contributed by atoms with Gasteiger partial charge in [-0.05, 0) is 43.4 Å². The van der Waals surface area contributed by atoms with E-state index in [0.717, 1.165) is 49.0 Å². The summed E-state index contributed by atoms with van der Waals surface area (Å²) in [6, 6.07) is 5.89. The van der Waals surface area contributed by atoms with Gasteiger partial charge < -0.3 is 9.15 Å². The Hall–Kier alpha value is -1.77. The van der Waals surface area contributed by atoms with Crippen molar-refractivity contribution < 1.29 is 9.15 Å². The van der Waals surface area contributed by atoms with E-state index >= 15 is 0 Å². The molecule has 0 amide bonds. The third-order valence-electron chi connectivity index (χ3n) is 4.46. The van der Waals surface area contributed by atoms with Crippen LogP contribution in [0.4, 0.5) is 0 Å². The first-order valence-corrected chi connectivity index (χ1v) is 8.51. The minimum atomic E-state index is -0.170. The zero-order valence-corrected chi connectivity index (χ0v) is 13.3. The van der Waals surface area contributed by atoms with Crippen molar-refractivity contribution in [3.05, 3.63) is 39.7 Å². The molecule has 0 saturated carbocycles. The van der Waals surface area contributed by atoms with Gasteiger partial charge in [0.15, 0.2) is 0 Å². The van der Waals surface area contributed by atoms with Crippen LogP contribution in [0.25, 0.3) is 11.0 Å². The van der Waals surface area contributed by atoms with Crippen LogP contribution >= 0.6 is 0 Å². The topological polar surface area (TPSA) is 39.4 Å². The van der Waals surface area contributed by atoms with Crippen LogP contribution in [0.5, 0.6) is 5.75 Å². The highest BCUT2D eigenvalue weighted by atomic mass is 16.5. The van der Waals surface area contributed by atoms with Crippen molar-refractivity contribution in [3.63, 3.8) is 0 Å². The molecule has 1 heterocycles. The van der Waals surface area contributed by atoms with Crippen molar-refractivity contribution in [2.75, 3.05) is 6.61 Å². The molecule has 0 aliphatic heterocycles. The number of fused-ring (bicyclic) bond motifs is 3. The largest absolute Gasteiger partial charge is 0.493 e.